The Morgan fingerprint density at radius 3 is 2.47 bits per heavy atom. The Morgan fingerprint density at radius 1 is 1.27 bits per heavy atom. The summed E-state index contributed by atoms with van der Waals surface area (Å²) in [6.45, 7) is 3.96. The Labute approximate surface area is 91.4 Å². The number of hydrogen-bond donors (Lipinski definition) is 0. The molecule has 1 radical (unpaired) electrons. The molecule has 0 aromatic rings. The topological polar surface area (TPSA) is 26.3 Å². The van der Waals surface area contributed by atoms with Gasteiger partial charge >= 0.3 is 6.47 Å². The molecule has 15 heavy (non-hydrogen) atoms. The third kappa shape index (κ3) is 1.26. The van der Waals surface area contributed by atoms with Crippen LogP contribution in [0.25, 0.3) is 0 Å². The third-order valence-electron chi connectivity index (χ3n) is 5.24. The first-order chi connectivity index (χ1) is 7.27. The van der Waals surface area contributed by atoms with E-state index in [4.69, 9.17) is 4.74 Å². The van der Waals surface area contributed by atoms with Crippen molar-refractivity contribution in [3.8, 4) is 0 Å². The SMILES string of the molecule is CCC12CC3CC(CC(C3)C1O[C]=O)C2. The van der Waals surface area contributed by atoms with Crippen molar-refractivity contribution in [3.05, 3.63) is 0 Å². The van der Waals surface area contributed by atoms with Crippen LogP contribution in [0.1, 0.15) is 45.4 Å². The molecule has 0 aromatic heterocycles. The summed E-state index contributed by atoms with van der Waals surface area (Å²) in [5.41, 5.74) is 0.326. The predicted octanol–water partition coefficient (Wildman–Crippen LogP) is 2.68. The molecule has 4 rings (SSSR count). The summed E-state index contributed by atoms with van der Waals surface area (Å²) >= 11 is 0. The summed E-state index contributed by atoms with van der Waals surface area (Å²) < 4.78 is 5.31. The Kier molecular flexibility index (Phi) is 2.08. The Bertz CT molecular complexity index is 260. The summed E-state index contributed by atoms with van der Waals surface area (Å²) in [4.78, 5) is 10.5. The molecule has 4 saturated carbocycles. The van der Waals surface area contributed by atoms with Crippen LogP contribution >= 0.6 is 0 Å². The lowest BCUT2D eigenvalue weighted by molar-refractivity contribution is -0.150. The first kappa shape index (κ1) is 9.68. The van der Waals surface area contributed by atoms with Gasteiger partial charge in [0.2, 0.25) is 0 Å². The van der Waals surface area contributed by atoms with Crippen LogP contribution in [0.15, 0.2) is 0 Å². The minimum atomic E-state index is 0.188. The van der Waals surface area contributed by atoms with Gasteiger partial charge in [0.25, 0.3) is 0 Å². The highest BCUT2D eigenvalue weighted by Crippen LogP contribution is 2.62. The van der Waals surface area contributed by atoms with E-state index >= 15 is 0 Å². The van der Waals surface area contributed by atoms with Crippen LogP contribution in [0.2, 0.25) is 0 Å². The van der Waals surface area contributed by atoms with Crippen molar-refractivity contribution in [1.29, 1.82) is 0 Å². The zero-order valence-electron chi connectivity index (χ0n) is 9.37. The van der Waals surface area contributed by atoms with Gasteiger partial charge in [0, 0.05) is 5.41 Å². The molecule has 3 unspecified atom stereocenters. The van der Waals surface area contributed by atoms with Crippen molar-refractivity contribution in [2.45, 2.75) is 51.6 Å². The van der Waals surface area contributed by atoms with Crippen LogP contribution in [0.5, 0.6) is 0 Å². The molecule has 4 fully saturated rings. The van der Waals surface area contributed by atoms with Gasteiger partial charge in [0.1, 0.15) is 6.10 Å². The van der Waals surface area contributed by atoms with E-state index in [-0.39, 0.29) is 6.10 Å². The van der Waals surface area contributed by atoms with Crippen LogP contribution in [-0.4, -0.2) is 12.6 Å². The number of rotatable bonds is 3. The van der Waals surface area contributed by atoms with E-state index in [1.54, 1.807) is 6.47 Å². The maximum atomic E-state index is 10.5. The summed E-state index contributed by atoms with van der Waals surface area (Å²) in [5, 5.41) is 0. The van der Waals surface area contributed by atoms with Gasteiger partial charge < -0.3 is 4.74 Å². The highest BCUT2D eigenvalue weighted by Gasteiger charge is 2.57. The van der Waals surface area contributed by atoms with E-state index in [0.29, 0.717) is 11.3 Å². The van der Waals surface area contributed by atoms with Crippen molar-refractivity contribution >= 4 is 6.47 Å². The second kappa shape index (κ2) is 3.23. The molecule has 0 aromatic carbocycles. The minimum absolute atomic E-state index is 0.188. The Hall–Kier alpha value is -0.530. The predicted molar refractivity (Wildman–Crippen MR) is 56.8 cm³/mol. The summed E-state index contributed by atoms with van der Waals surface area (Å²) in [5.74, 6) is 2.50. The van der Waals surface area contributed by atoms with E-state index < -0.39 is 0 Å². The summed E-state index contributed by atoms with van der Waals surface area (Å²) in [7, 11) is 0. The highest BCUT2D eigenvalue weighted by molar-refractivity contribution is 5.39. The standard InChI is InChI=1S/C13H19O2/c1-2-13-6-9-3-10(7-13)5-11(4-9)12(13)15-8-14/h9-12H,2-7H2,1H3. The van der Waals surface area contributed by atoms with E-state index in [1.165, 1.54) is 38.5 Å². The molecule has 4 aliphatic carbocycles. The zero-order chi connectivity index (χ0) is 10.5. The minimum Gasteiger partial charge on any atom is -0.453 e. The van der Waals surface area contributed by atoms with Gasteiger partial charge in [0.15, 0.2) is 0 Å². The molecular weight excluding hydrogens is 188 g/mol. The van der Waals surface area contributed by atoms with E-state index in [1.807, 2.05) is 0 Å². The molecule has 0 saturated heterocycles. The second-order valence-electron chi connectivity index (χ2n) is 5.95. The lowest BCUT2D eigenvalue weighted by atomic mass is 9.47. The van der Waals surface area contributed by atoms with Gasteiger partial charge in [-0.05, 0) is 56.3 Å². The van der Waals surface area contributed by atoms with Gasteiger partial charge in [-0.2, -0.15) is 0 Å². The van der Waals surface area contributed by atoms with Crippen LogP contribution in [-0.2, 0) is 9.53 Å². The molecule has 0 spiro atoms. The van der Waals surface area contributed by atoms with Crippen molar-refractivity contribution in [3.63, 3.8) is 0 Å². The quantitative estimate of drug-likeness (QED) is 0.711. The Balaban J connectivity index is 1.91. The molecule has 0 N–H and O–H groups in total. The number of carbonyl (C=O) groups excluding carboxylic acids is 1. The second-order valence-corrected chi connectivity index (χ2v) is 5.95. The molecule has 83 valence electrons. The van der Waals surface area contributed by atoms with Crippen LogP contribution in [0.3, 0.4) is 0 Å². The lowest BCUT2D eigenvalue weighted by Gasteiger charge is -2.59. The normalized spacial score (nSPS) is 51.8. The van der Waals surface area contributed by atoms with E-state index in [2.05, 4.69) is 6.92 Å². The average molecular weight is 207 g/mol. The van der Waals surface area contributed by atoms with Gasteiger partial charge in [0.05, 0.1) is 0 Å². The monoisotopic (exact) mass is 207 g/mol. The Morgan fingerprint density at radius 2 is 1.93 bits per heavy atom. The lowest BCUT2D eigenvalue weighted by Crippen LogP contribution is -2.56. The molecule has 0 heterocycles. The zero-order valence-corrected chi connectivity index (χ0v) is 9.37. The number of ether oxygens (including phenoxy) is 1. The highest BCUT2D eigenvalue weighted by atomic mass is 16.5. The van der Waals surface area contributed by atoms with Crippen molar-refractivity contribution in [2.75, 3.05) is 0 Å². The first-order valence-corrected chi connectivity index (χ1v) is 6.30. The molecule has 2 heteroatoms. The van der Waals surface area contributed by atoms with E-state index in [0.717, 1.165) is 11.8 Å². The van der Waals surface area contributed by atoms with E-state index in [9.17, 15) is 4.79 Å². The van der Waals surface area contributed by atoms with Gasteiger partial charge in [-0.15, -0.1) is 0 Å². The van der Waals surface area contributed by atoms with Crippen LogP contribution < -0.4 is 0 Å². The summed E-state index contributed by atoms with van der Waals surface area (Å²) in [6, 6.07) is 0. The first-order valence-electron chi connectivity index (χ1n) is 6.30. The molecule has 0 aliphatic heterocycles. The molecule has 3 atom stereocenters. The molecule has 0 amide bonds. The molecule has 4 aliphatic rings. The van der Waals surface area contributed by atoms with Crippen molar-refractivity contribution in [2.24, 2.45) is 23.2 Å². The van der Waals surface area contributed by atoms with Gasteiger partial charge in [-0.25, -0.2) is 4.79 Å². The van der Waals surface area contributed by atoms with Gasteiger partial charge in [-0.1, -0.05) is 6.92 Å². The summed E-state index contributed by atoms with van der Waals surface area (Å²) in [6.07, 6.45) is 7.98. The average Bonchev–Trinajstić information content (AvgIpc) is 2.22. The molecular formula is C13H19O2. The maximum Gasteiger partial charge on any atom is 0.417 e. The molecule has 4 bridgehead atoms. The number of hydrogen-bond acceptors (Lipinski definition) is 2. The van der Waals surface area contributed by atoms with Crippen LogP contribution in [0.4, 0.5) is 0 Å². The van der Waals surface area contributed by atoms with Crippen LogP contribution in [0, 0.1) is 23.2 Å². The van der Waals surface area contributed by atoms with Gasteiger partial charge in [-0.3, -0.25) is 0 Å². The van der Waals surface area contributed by atoms with Crippen molar-refractivity contribution in [1.82, 2.24) is 0 Å². The van der Waals surface area contributed by atoms with Crippen molar-refractivity contribution < 1.29 is 9.53 Å². The fourth-order valence-electron chi connectivity index (χ4n) is 4.93. The molecule has 2 nitrogen and oxygen atoms in total. The smallest absolute Gasteiger partial charge is 0.417 e. The largest absolute Gasteiger partial charge is 0.453 e. The fraction of sp³-hybridized carbons (Fsp3) is 0.923. The fourth-order valence-corrected chi connectivity index (χ4v) is 4.93. The third-order valence-corrected chi connectivity index (χ3v) is 5.24. The maximum absolute atomic E-state index is 10.5.